The van der Waals surface area contributed by atoms with Crippen LogP contribution in [0.2, 0.25) is 0 Å². The number of nitrogens with two attached hydrogens (primary N) is 1. The van der Waals surface area contributed by atoms with Gasteiger partial charge in [0.25, 0.3) is 0 Å². The summed E-state index contributed by atoms with van der Waals surface area (Å²) < 4.78 is 0. The summed E-state index contributed by atoms with van der Waals surface area (Å²) in [5, 5.41) is 0. The van der Waals surface area contributed by atoms with Gasteiger partial charge in [0, 0.05) is 25.2 Å². The van der Waals surface area contributed by atoms with Crippen LogP contribution in [-0.4, -0.2) is 55.0 Å². The van der Waals surface area contributed by atoms with Gasteiger partial charge in [-0.3, -0.25) is 4.79 Å². The lowest BCUT2D eigenvalue weighted by Crippen LogP contribution is -2.50. The Bertz CT molecular complexity index is 355. The predicted octanol–water partition coefficient (Wildman–Crippen LogP) is 0.912. The minimum atomic E-state index is 0.126. The summed E-state index contributed by atoms with van der Waals surface area (Å²) in [5.74, 6) is 1.69. The van der Waals surface area contributed by atoms with Crippen molar-refractivity contribution >= 4 is 5.91 Å². The molecule has 19 heavy (non-hydrogen) atoms. The molecular formula is C15H27N3O. The largest absolute Gasteiger partial charge is 0.338 e. The maximum absolute atomic E-state index is 12.9. The fourth-order valence-corrected chi connectivity index (χ4v) is 4.63. The molecule has 1 saturated heterocycles. The molecule has 0 aromatic heterocycles. The van der Waals surface area contributed by atoms with Gasteiger partial charge in [0.05, 0.1) is 5.92 Å². The minimum Gasteiger partial charge on any atom is -0.338 e. The van der Waals surface area contributed by atoms with Crippen molar-refractivity contribution in [1.82, 2.24) is 9.80 Å². The zero-order chi connectivity index (χ0) is 13.6. The van der Waals surface area contributed by atoms with E-state index >= 15 is 0 Å². The minimum absolute atomic E-state index is 0.126. The fraction of sp³-hybridized carbons (Fsp3) is 0.933. The normalized spacial score (nSPS) is 41.5. The quantitative estimate of drug-likeness (QED) is 0.825. The van der Waals surface area contributed by atoms with Crippen LogP contribution in [0.1, 0.15) is 32.1 Å². The summed E-state index contributed by atoms with van der Waals surface area (Å²) in [5.41, 5.74) is 6.32. The van der Waals surface area contributed by atoms with Crippen molar-refractivity contribution in [3.8, 4) is 0 Å². The highest BCUT2D eigenvalue weighted by molar-refractivity contribution is 5.81. The third-order valence-electron chi connectivity index (χ3n) is 5.50. The average molecular weight is 265 g/mol. The van der Waals surface area contributed by atoms with E-state index in [9.17, 15) is 4.79 Å². The van der Waals surface area contributed by atoms with E-state index < -0.39 is 0 Å². The molecule has 0 spiro atoms. The maximum atomic E-state index is 12.9. The van der Waals surface area contributed by atoms with Crippen LogP contribution in [-0.2, 0) is 4.79 Å². The van der Waals surface area contributed by atoms with Crippen molar-refractivity contribution in [2.75, 3.05) is 27.2 Å². The number of carbonyl (C=O) groups excluding carboxylic acids is 1. The van der Waals surface area contributed by atoms with Crippen LogP contribution in [0.3, 0.4) is 0 Å². The molecule has 1 aliphatic heterocycles. The van der Waals surface area contributed by atoms with E-state index in [-0.39, 0.29) is 12.0 Å². The summed E-state index contributed by atoms with van der Waals surface area (Å²) in [4.78, 5) is 17.2. The van der Waals surface area contributed by atoms with Gasteiger partial charge < -0.3 is 15.5 Å². The Balaban J connectivity index is 1.69. The number of hydrogen-bond donors (Lipinski definition) is 1. The third kappa shape index (κ3) is 2.29. The van der Waals surface area contributed by atoms with E-state index in [0.717, 1.165) is 25.9 Å². The Labute approximate surface area is 116 Å². The van der Waals surface area contributed by atoms with Gasteiger partial charge in [0.2, 0.25) is 5.91 Å². The lowest BCUT2D eigenvalue weighted by Gasteiger charge is -2.34. The number of nitrogens with zero attached hydrogens (tertiary/aromatic N) is 2. The number of rotatable bonds is 3. The molecule has 0 radical (unpaired) electrons. The molecule has 2 N–H and O–H groups in total. The second-order valence-corrected chi connectivity index (χ2v) is 7.03. The van der Waals surface area contributed by atoms with E-state index in [2.05, 4.69) is 23.9 Å². The molecule has 3 fully saturated rings. The van der Waals surface area contributed by atoms with Gasteiger partial charge in [-0.15, -0.1) is 0 Å². The fourth-order valence-electron chi connectivity index (χ4n) is 4.63. The monoisotopic (exact) mass is 265 g/mol. The summed E-state index contributed by atoms with van der Waals surface area (Å²) in [6.45, 7) is 1.93. The highest BCUT2D eigenvalue weighted by Gasteiger charge is 2.51. The molecule has 2 bridgehead atoms. The molecule has 4 heteroatoms. The summed E-state index contributed by atoms with van der Waals surface area (Å²) in [6, 6.07) is 0.542. The molecule has 5 atom stereocenters. The van der Waals surface area contributed by atoms with Crippen molar-refractivity contribution < 1.29 is 4.79 Å². The van der Waals surface area contributed by atoms with Crippen molar-refractivity contribution in [2.24, 2.45) is 23.5 Å². The molecule has 1 amide bonds. The van der Waals surface area contributed by atoms with Gasteiger partial charge in [-0.05, 0) is 58.0 Å². The Morgan fingerprint density at radius 2 is 2.00 bits per heavy atom. The zero-order valence-electron chi connectivity index (χ0n) is 12.2. The van der Waals surface area contributed by atoms with E-state index in [1.807, 2.05) is 0 Å². The Morgan fingerprint density at radius 3 is 2.63 bits per heavy atom. The molecule has 5 unspecified atom stereocenters. The van der Waals surface area contributed by atoms with Crippen LogP contribution < -0.4 is 5.73 Å². The van der Waals surface area contributed by atoms with Crippen molar-refractivity contribution in [3.05, 3.63) is 0 Å². The van der Waals surface area contributed by atoms with E-state index in [0.29, 0.717) is 23.8 Å². The van der Waals surface area contributed by atoms with Gasteiger partial charge in [0.1, 0.15) is 0 Å². The Kier molecular flexibility index (Phi) is 3.56. The van der Waals surface area contributed by atoms with Crippen molar-refractivity contribution in [1.29, 1.82) is 0 Å². The smallest absolute Gasteiger partial charge is 0.227 e. The number of hydrogen-bond acceptors (Lipinski definition) is 3. The van der Waals surface area contributed by atoms with Crippen LogP contribution in [0, 0.1) is 17.8 Å². The van der Waals surface area contributed by atoms with Gasteiger partial charge in [-0.2, -0.15) is 0 Å². The van der Waals surface area contributed by atoms with Crippen LogP contribution in [0.5, 0.6) is 0 Å². The zero-order valence-corrected chi connectivity index (χ0v) is 12.2. The summed E-state index contributed by atoms with van der Waals surface area (Å²) >= 11 is 0. The first-order valence-corrected chi connectivity index (χ1v) is 7.78. The van der Waals surface area contributed by atoms with Gasteiger partial charge in [-0.25, -0.2) is 0 Å². The van der Waals surface area contributed by atoms with Crippen molar-refractivity contribution in [3.63, 3.8) is 0 Å². The topological polar surface area (TPSA) is 49.6 Å². The number of likely N-dealkylation sites (N-methyl/N-ethyl adjacent to an activating group) is 1. The summed E-state index contributed by atoms with van der Waals surface area (Å²) in [7, 11) is 4.18. The molecule has 108 valence electrons. The highest BCUT2D eigenvalue weighted by Crippen LogP contribution is 2.48. The van der Waals surface area contributed by atoms with Crippen molar-refractivity contribution in [2.45, 2.75) is 44.2 Å². The lowest BCUT2D eigenvalue weighted by atomic mass is 9.84. The number of likely N-dealkylation sites (tertiary alicyclic amines) is 1. The van der Waals surface area contributed by atoms with Crippen LogP contribution in [0.15, 0.2) is 0 Å². The molecular weight excluding hydrogens is 238 g/mol. The molecule has 3 rings (SSSR count). The Morgan fingerprint density at radius 1 is 1.26 bits per heavy atom. The van der Waals surface area contributed by atoms with E-state index in [1.165, 1.54) is 19.3 Å². The van der Waals surface area contributed by atoms with Crippen LogP contribution >= 0.6 is 0 Å². The van der Waals surface area contributed by atoms with E-state index in [1.54, 1.807) is 0 Å². The molecule has 3 aliphatic rings. The van der Waals surface area contributed by atoms with Crippen LogP contribution in [0.25, 0.3) is 0 Å². The first-order chi connectivity index (χ1) is 9.08. The lowest BCUT2D eigenvalue weighted by molar-refractivity contribution is -0.138. The van der Waals surface area contributed by atoms with Gasteiger partial charge >= 0.3 is 0 Å². The molecule has 0 aromatic carbocycles. The number of carbonyl (C=O) groups is 1. The molecule has 1 heterocycles. The average Bonchev–Trinajstić information content (AvgIpc) is 3.02. The summed E-state index contributed by atoms with van der Waals surface area (Å²) in [6.07, 6.45) is 5.97. The highest BCUT2D eigenvalue weighted by atomic mass is 16.2. The first kappa shape index (κ1) is 13.4. The second kappa shape index (κ2) is 5.06. The molecule has 2 aliphatic carbocycles. The number of fused-ring (bicyclic) bond motifs is 2. The molecule has 4 nitrogen and oxygen atoms in total. The molecule has 2 saturated carbocycles. The maximum Gasteiger partial charge on any atom is 0.227 e. The SMILES string of the molecule is CN(C)CC1CCCN1C(=O)C1C2CCC(C2)C1N. The van der Waals surface area contributed by atoms with Crippen LogP contribution in [0.4, 0.5) is 0 Å². The molecule has 0 aromatic rings. The second-order valence-electron chi connectivity index (χ2n) is 7.03. The third-order valence-corrected chi connectivity index (χ3v) is 5.50. The Hall–Kier alpha value is -0.610. The number of amides is 1. The first-order valence-electron chi connectivity index (χ1n) is 7.78. The standard InChI is InChI=1S/C15H27N3O/c1-17(2)9-12-4-3-7-18(12)15(19)13-10-5-6-11(8-10)14(13)16/h10-14H,3-9,16H2,1-2H3. The van der Waals surface area contributed by atoms with Gasteiger partial charge in [-0.1, -0.05) is 0 Å². The van der Waals surface area contributed by atoms with E-state index in [4.69, 9.17) is 5.73 Å². The van der Waals surface area contributed by atoms with Gasteiger partial charge in [0.15, 0.2) is 0 Å². The predicted molar refractivity (Wildman–Crippen MR) is 75.6 cm³/mol.